The van der Waals surface area contributed by atoms with Crippen LogP contribution in [0, 0.1) is 6.92 Å². The highest BCUT2D eigenvalue weighted by molar-refractivity contribution is 7.19. The van der Waals surface area contributed by atoms with Crippen LogP contribution in [0.2, 0.25) is 0 Å². The van der Waals surface area contributed by atoms with E-state index in [1.807, 2.05) is 31.2 Å². The number of hydrogen-bond acceptors (Lipinski definition) is 3. The number of amides is 2. The van der Waals surface area contributed by atoms with Gasteiger partial charge >= 0.3 is 12.4 Å². The van der Waals surface area contributed by atoms with Crippen molar-refractivity contribution < 1.29 is 22.7 Å². The number of urea groups is 1. The first-order valence-corrected chi connectivity index (χ1v) is 8.51. The summed E-state index contributed by atoms with van der Waals surface area (Å²) in [7, 11) is 0. The molecule has 0 spiro atoms. The third-order valence-electron chi connectivity index (χ3n) is 3.70. The largest absolute Gasteiger partial charge is 0.573 e. The van der Waals surface area contributed by atoms with Gasteiger partial charge in [0.2, 0.25) is 0 Å². The van der Waals surface area contributed by atoms with Crippen molar-refractivity contribution >= 4 is 33.1 Å². The second-order valence-corrected chi connectivity index (χ2v) is 6.66. The molecule has 2 amide bonds. The van der Waals surface area contributed by atoms with E-state index in [0.29, 0.717) is 12.2 Å². The number of carbonyl (C=O) groups excluding carboxylic acids is 1. The van der Waals surface area contributed by atoms with E-state index in [0.717, 1.165) is 32.7 Å². The van der Waals surface area contributed by atoms with Gasteiger partial charge in [0.05, 0.1) is 6.54 Å². The minimum Gasteiger partial charge on any atom is -0.406 e. The maximum atomic E-state index is 12.1. The normalized spacial score (nSPS) is 11.4. The molecule has 0 aliphatic heterocycles. The molecule has 0 fully saturated rings. The van der Waals surface area contributed by atoms with Crippen molar-refractivity contribution in [2.75, 3.05) is 5.32 Å². The van der Waals surface area contributed by atoms with Crippen LogP contribution >= 0.6 is 11.3 Å². The third-order valence-corrected chi connectivity index (χ3v) is 4.97. The number of rotatable bonds is 4. The van der Waals surface area contributed by atoms with E-state index in [-0.39, 0.29) is 5.75 Å². The molecule has 136 valence electrons. The van der Waals surface area contributed by atoms with Crippen molar-refractivity contribution in [2.45, 2.75) is 19.8 Å². The first-order chi connectivity index (χ1) is 12.3. The summed E-state index contributed by atoms with van der Waals surface area (Å²) in [5, 5.41) is 6.49. The van der Waals surface area contributed by atoms with Crippen molar-refractivity contribution in [3.63, 3.8) is 0 Å². The van der Waals surface area contributed by atoms with Gasteiger partial charge in [-0.05, 0) is 48.2 Å². The van der Waals surface area contributed by atoms with Gasteiger partial charge < -0.3 is 15.4 Å². The SMILES string of the molecule is Cc1c(CNC(=O)Nc2ccc(OC(F)(F)F)cc2)sc2ccccc12. The Morgan fingerprint density at radius 2 is 1.81 bits per heavy atom. The van der Waals surface area contributed by atoms with Crippen molar-refractivity contribution in [1.82, 2.24) is 5.32 Å². The number of carbonyl (C=O) groups is 1. The Morgan fingerprint density at radius 1 is 1.12 bits per heavy atom. The second kappa shape index (κ2) is 7.25. The van der Waals surface area contributed by atoms with Crippen LogP contribution < -0.4 is 15.4 Å². The molecular weight excluding hydrogens is 365 g/mol. The quantitative estimate of drug-likeness (QED) is 0.634. The lowest BCUT2D eigenvalue weighted by atomic mass is 10.1. The van der Waals surface area contributed by atoms with Gasteiger partial charge in [0.25, 0.3) is 0 Å². The molecule has 0 radical (unpaired) electrons. The van der Waals surface area contributed by atoms with Crippen LogP contribution in [0.3, 0.4) is 0 Å². The van der Waals surface area contributed by atoms with Crippen molar-refractivity contribution in [2.24, 2.45) is 0 Å². The Balaban J connectivity index is 1.57. The van der Waals surface area contributed by atoms with Crippen molar-refractivity contribution in [3.8, 4) is 5.75 Å². The Hall–Kier alpha value is -2.74. The third kappa shape index (κ3) is 4.45. The smallest absolute Gasteiger partial charge is 0.406 e. The summed E-state index contributed by atoms with van der Waals surface area (Å²) in [6.45, 7) is 2.37. The molecule has 0 aliphatic carbocycles. The molecule has 1 aromatic heterocycles. The van der Waals surface area contributed by atoms with E-state index in [1.165, 1.54) is 12.1 Å². The summed E-state index contributed by atoms with van der Waals surface area (Å²) in [6.07, 6.45) is -4.74. The zero-order chi connectivity index (χ0) is 18.7. The van der Waals surface area contributed by atoms with Crippen LogP contribution in [-0.4, -0.2) is 12.4 Å². The molecule has 0 saturated heterocycles. The fourth-order valence-electron chi connectivity index (χ4n) is 2.47. The Morgan fingerprint density at radius 3 is 2.46 bits per heavy atom. The average Bonchev–Trinajstić information content (AvgIpc) is 2.90. The zero-order valence-electron chi connectivity index (χ0n) is 13.7. The Labute approximate surface area is 151 Å². The molecule has 0 aliphatic rings. The van der Waals surface area contributed by atoms with E-state index in [1.54, 1.807) is 11.3 Å². The van der Waals surface area contributed by atoms with E-state index in [4.69, 9.17) is 0 Å². The minimum absolute atomic E-state index is 0.343. The summed E-state index contributed by atoms with van der Waals surface area (Å²) >= 11 is 1.61. The van der Waals surface area contributed by atoms with Gasteiger partial charge in [-0.15, -0.1) is 24.5 Å². The molecule has 2 N–H and O–H groups in total. The molecule has 3 aromatic rings. The Kier molecular flexibility index (Phi) is 5.03. The van der Waals surface area contributed by atoms with Crippen molar-refractivity contribution in [3.05, 3.63) is 59.0 Å². The number of alkyl halides is 3. The van der Waals surface area contributed by atoms with Crippen LogP contribution in [0.1, 0.15) is 10.4 Å². The number of benzene rings is 2. The highest BCUT2D eigenvalue weighted by Gasteiger charge is 2.30. The molecule has 1 heterocycles. The fraction of sp³-hybridized carbons (Fsp3) is 0.167. The molecule has 4 nitrogen and oxygen atoms in total. The molecule has 0 unspecified atom stereocenters. The first kappa shape index (κ1) is 18.1. The number of fused-ring (bicyclic) bond motifs is 1. The van der Waals surface area contributed by atoms with E-state index in [2.05, 4.69) is 15.4 Å². The maximum absolute atomic E-state index is 12.1. The summed E-state index contributed by atoms with van der Waals surface area (Å²) in [5.41, 5.74) is 1.49. The molecule has 2 aromatic carbocycles. The summed E-state index contributed by atoms with van der Waals surface area (Å²) < 4.78 is 41.3. The summed E-state index contributed by atoms with van der Waals surface area (Å²) in [6, 6.07) is 12.5. The van der Waals surface area contributed by atoms with E-state index >= 15 is 0 Å². The lowest BCUT2D eigenvalue weighted by Crippen LogP contribution is -2.28. The monoisotopic (exact) mass is 380 g/mol. The second-order valence-electron chi connectivity index (χ2n) is 5.53. The summed E-state index contributed by atoms with van der Waals surface area (Å²) in [5.74, 6) is -0.343. The molecular formula is C18H15F3N2O2S. The molecule has 8 heteroatoms. The highest BCUT2D eigenvalue weighted by Crippen LogP contribution is 2.30. The van der Waals surface area contributed by atoms with Gasteiger partial charge in [-0.2, -0.15) is 0 Å². The fourth-order valence-corrected chi connectivity index (χ4v) is 3.62. The van der Waals surface area contributed by atoms with Crippen LogP contribution in [-0.2, 0) is 6.54 Å². The number of thiophene rings is 1. The number of halogens is 3. The van der Waals surface area contributed by atoms with Crippen LogP contribution in [0.4, 0.5) is 23.7 Å². The van der Waals surface area contributed by atoms with Gasteiger partial charge in [0.1, 0.15) is 5.75 Å². The number of aryl methyl sites for hydroxylation is 1. The van der Waals surface area contributed by atoms with Gasteiger partial charge in [-0.1, -0.05) is 18.2 Å². The summed E-state index contributed by atoms with van der Waals surface area (Å²) in [4.78, 5) is 13.0. The van der Waals surface area contributed by atoms with Gasteiger partial charge in [0, 0.05) is 15.3 Å². The first-order valence-electron chi connectivity index (χ1n) is 7.69. The van der Waals surface area contributed by atoms with Crippen LogP contribution in [0.15, 0.2) is 48.5 Å². The number of ether oxygens (including phenoxy) is 1. The molecule has 26 heavy (non-hydrogen) atoms. The molecule has 0 atom stereocenters. The van der Waals surface area contributed by atoms with Crippen LogP contribution in [0.25, 0.3) is 10.1 Å². The van der Waals surface area contributed by atoms with Crippen molar-refractivity contribution in [1.29, 1.82) is 0 Å². The molecule has 0 saturated carbocycles. The average molecular weight is 380 g/mol. The highest BCUT2D eigenvalue weighted by atomic mass is 32.1. The number of nitrogens with one attached hydrogen (secondary N) is 2. The van der Waals surface area contributed by atoms with E-state index < -0.39 is 12.4 Å². The maximum Gasteiger partial charge on any atom is 0.573 e. The van der Waals surface area contributed by atoms with Gasteiger partial charge in [-0.3, -0.25) is 0 Å². The predicted octanol–water partition coefficient (Wildman–Crippen LogP) is 5.43. The standard InChI is InChI=1S/C18H15F3N2O2S/c1-11-14-4-2-3-5-15(14)26-16(11)10-22-17(24)23-12-6-8-13(9-7-12)25-18(19,20)21/h2-9H,10H2,1H3,(H2,22,23,24). The van der Waals surface area contributed by atoms with Gasteiger partial charge in [-0.25, -0.2) is 4.79 Å². The number of anilines is 1. The minimum atomic E-state index is -4.74. The molecule has 3 rings (SSSR count). The zero-order valence-corrected chi connectivity index (χ0v) is 14.5. The molecule has 0 bridgehead atoms. The van der Waals surface area contributed by atoms with E-state index in [9.17, 15) is 18.0 Å². The lowest BCUT2D eigenvalue weighted by molar-refractivity contribution is -0.274. The predicted molar refractivity (Wildman–Crippen MR) is 95.5 cm³/mol. The lowest BCUT2D eigenvalue weighted by Gasteiger charge is -2.10. The van der Waals surface area contributed by atoms with Crippen LogP contribution in [0.5, 0.6) is 5.75 Å². The van der Waals surface area contributed by atoms with Gasteiger partial charge in [0.15, 0.2) is 0 Å². The topological polar surface area (TPSA) is 50.4 Å². The Bertz CT molecular complexity index is 920. The number of hydrogen-bond donors (Lipinski definition) is 2.